The number of aliphatic carboxylic acids is 1. The average molecular weight is 175 g/mol. The first kappa shape index (κ1) is 11.4. The van der Waals surface area contributed by atoms with E-state index in [0.717, 1.165) is 19.3 Å². The van der Waals surface area contributed by atoms with Gasteiger partial charge in [0.25, 0.3) is 0 Å². The van der Waals surface area contributed by atoms with Crippen molar-refractivity contribution in [3.8, 4) is 0 Å². The molecule has 12 heavy (non-hydrogen) atoms. The van der Waals surface area contributed by atoms with Gasteiger partial charge in [0.05, 0.1) is 0 Å². The topological polar surface area (TPSA) is 69.6 Å². The highest BCUT2D eigenvalue weighted by atomic mass is 16.4. The first-order valence-electron chi connectivity index (χ1n) is 4.25. The number of carboxylic acids is 1. The molecule has 0 aliphatic heterocycles. The summed E-state index contributed by atoms with van der Waals surface area (Å²) >= 11 is 0. The van der Waals surface area contributed by atoms with E-state index in [1.165, 1.54) is 0 Å². The van der Waals surface area contributed by atoms with Crippen molar-refractivity contribution in [2.24, 2.45) is 0 Å². The van der Waals surface area contributed by atoms with Gasteiger partial charge in [0.1, 0.15) is 6.04 Å². The lowest BCUT2D eigenvalue weighted by Crippen LogP contribution is -2.34. The van der Waals surface area contributed by atoms with E-state index in [4.69, 9.17) is 10.2 Å². The van der Waals surface area contributed by atoms with Gasteiger partial charge < -0.3 is 15.5 Å². The molecule has 0 saturated heterocycles. The van der Waals surface area contributed by atoms with Gasteiger partial charge in [-0.2, -0.15) is 0 Å². The molecule has 72 valence electrons. The van der Waals surface area contributed by atoms with Crippen LogP contribution in [-0.2, 0) is 4.79 Å². The molecule has 4 nitrogen and oxygen atoms in total. The van der Waals surface area contributed by atoms with Gasteiger partial charge in [-0.3, -0.25) is 4.79 Å². The van der Waals surface area contributed by atoms with Crippen LogP contribution in [0.25, 0.3) is 0 Å². The number of carboxylic acid groups (broad SMARTS) is 1. The molecule has 0 rings (SSSR count). The number of aliphatic hydroxyl groups excluding tert-OH is 1. The van der Waals surface area contributed by atoms with Crippen molar-refractivity contribution < 1.29 is 15.0 Å². The molecule has 4 heteroatoms. The predicted molar refractivity (Wildman–Crippen MR) is 46.0 cm³/mol. The summed E-state index contributed by atoms with van der Waals surface area (Å²) in [6.45, 7) is 2.54. The summed E-state index contributed by atoms with van der Waals surface area (Å²) in [6, 6.07) is -0.473. The lowest BCUT2D eigenvalue weighted by Gasteiger charge is -2.07. The Hall–Kier alpha value is -0.610. The minimum absolute atomic E-state index is 0.217. The second-order valence-electron chi connectivity index (χ2n) is 2.80. The van der Waals surface area contributed by atoms with Gasteiger partial charge in [0.2, 0.25) is 0 Å². The van der Waals surface area contributed by atoms with E-state index in [0.29, 0.717) is 6.54 Å². The number of aliphatic hydroxyl groups is 1. The SMILES string of the molecule is CC(NCCCCCO)C(=O)O. The first-order chi connectivity index (χ1) is 5.68. The molecule has 0 aromatic heterocycles. The van der Waals surface area contributed by atoms with Crippen LogP contribution in [0, 0.1) is 0 Å². The van der Waals surface area contributed by atoms with Crippen molar-refractivity contribution in [1.29, 1.82) is 0 Å². The Kier molecular flexibility index (Phi) is 6.70. The number of hydrogen-bond donors (Lipinski definition) is 3. The van der Waals surface area contributed by atoms with Crippen molar-refractivity contribution in [3.05, 3.63) is 0 Å². The number of hydrogen-bond acceptors (Lipinski definition) is 3. The lowest BCUT2D eigenvalue weighted by atomic mass is 10.2. The van der Waals surface area contributed by atoms with Gasteiger partial charge in [0.15, 0.2) is 0 Å². The normalized spacial score (nSPS) is 12.8. The summed E-state index contributed by atoms with van der Waals surface area (Å²) in [4.78, 5) is 10.3. The Balaban J connectivity index is 3.14. The third-order valence-electron chi connectivity index (χ3n) is 1.66. The number of carbonyl (C=O) groups is 1. The molecule has 0 radical (unpaired) electrons. The smallest absolute Gasteiger partial charge is 0.320 e. The molecule has 0 amide bonds. The number of unbranched alkanes of at least 4 members (excludes halogenated alkanes) is 2. The monoisotopic (exact) mass is 175 g/mol. The van der Waals surface area contributed by atoms with Crippen LogP contribution in [0.4, 0.5) is 0 Å². The summed E-state index contributed by atoms with van der Waals surface area (Å²) in [7, 11) is 0. The van der Waals surface area contributed by atoms with E-state index >= 15 is 0 Å². The molecule has 0 spiro atoms. The zero-order chi connectivity index (χ0) is 9.40. The largest absolute Gasteiger partial charge is 0.480 e. The summed E-state index contributed by atoms with van der Waals surface area (Å²) < 4.78 is 0. The molecular formula is C8H17NO3. The fourth-order valence-corrected chi connectivity index (χ4v) is 0.819. The van der Waals surface area contributed by atoms with Crippen LogP contribution in [0.15, 0.2) is 0 Å². The van der Waals surface area contributed by atoms with E-state index in [1.54, 1.807) is 6.92 Å². The predicted octanol–water partition coefficient (Wildman–Crippen LogP) is 0.212. The van der Waals surface area contributed by atoms with Gasteiger partial charge in [-0.25, -0.2) is 0 Å². The number of nitrogens with one attached hydrogen (secondary N) is 1. The Labute approximate surface area is 72.6 Å². The molecule has 0 bridgehead atoms. The summed E-state index contributed by atoms with van der Waals surface area (Å²) in [6.07, 6.45) is 2.65. The van der Waals surface area contributed by atoms with Crippen LogP contribution in [0.1, 0.15) is 26.2 Å². The lowest BCUT2D eigenvalue weighted by molar-refractivity contribution is -0.138. The highest BCUT2D eigenvalue weighted by Gasteiger charge is 2.07. The molecule has 1 unspecified atom stereocenters. The molecule has 0 aromatic carbocycles. The fraction of sp³-hybridized carbons (Fsp3) is 0.875. The minimum atomic E-state index is -0.822. The summed E-state index contributed by atoms with van der Waals surface area (Å²) in [5, 5.41) is 19.8. The Bertz CT molecular complexity index is 127. The molecule has 1 atom stereocenters. The first-order valence-corrected chi connectivity index (χ1v) is 4.25. The van der Waals surface area contributed by atoms with Gasteiger partial charge in [-0.1, -0.05) is 0 Å². The van der Waals surface area contributed by atoms with Gasteiger partial charge in [-0.05, 0) is 32.7 Å². The zero-order valence-electron chi connectivity index (χ0n) is 7.42. The highest BCUT2D eigenvalue weighted by molar-refractivity contribution is 5.72. The maximum atomic E-state index is 10.3. The second-order valence-corrected chi connectivity index (χ2v) is 2.80. The molecule has 0 aliphatic carbocycles. The molecule has 0 aromatic rings. The second kappa shape index (κ2) is 7.06. The van der Waals surface area contributed by atoms with E-state index in [1.807, 2.05) is 0 Å². The van der Waals surface area contributed by atoms with Gasteiger partial charge in [-0.15, -0.1) is 0 Å². The van der Waals surface area contributed by atoms with Crippen molar-refractivity contribution in [2.75, 3.05) is 13.2 Å². The standard InChI is InChI=1S/C8H17NO3/c1-7(8(11)12)9-5-3-2-4-6-10/h7,9-10H,2-6H2,1H3,(H,11,12). The third kappa shape index (κ3) is 6.12. The van der Waals surface area contributed by atoms with Crippen molar-refractivity contribution >= 4 is 5.97 Å². The van der Waals surface area contributed by atoms with Crippen molar-refractivity contribution in [2.45, 2.75) is 32.2 Å². The number of rotatable bonds is 7. The van der Waals surface area contributed by atoms with Crippen LogP contribution in [-0.4, -0.2) is 35.4 Å². The summed E-state index contributed by atoms with van der Waals surface area (Å²) in [5.41, 5.74) is 0. The molecule has 0 aliphatic rings. The molecule has 0 fully saturated rings. The third-order valence-corrected chi connectivity index (χ3v) is 1.66. The van der Waals surface area contributed by atoms with Crippen LogP contribution in [0.3, 0.4) is 0 Å². The van der Waals surface area contributed by atoms with Crippen LogP contribution in [0.2, 0.25) is 0 Å². The van der Waals surface area contributed by atoms with Gasteiger partial charge in [0, 0.05) is 6.61 Å². The molecule has 0 saturated carbocycles. The Morgan fingerprint density at radius 1 is 1.42 bits per heavy atom. The maximum absolute atomic E-state index is 10.3. The van der Waals surface area contributed by atoms with E-state index in [9.17, 15) is 4.79 Å². The molecule has 3 N–H and O–H groups in total. The summed E-state index contributed by atoms with van der Waals surface area (Å²) in [5.74, 6) is -0.822. The fourth-order valence-electron chi connectivity index (χ4n) is 0.819. The van der Waals surface area contributed by atoms with Crippen LogP contribution in [0.5, 0.6) is 0 Å². The average Bonchev–Trinajstić information content (AvgIpc) is 2.03. The zero-order valence-corrected chi connectivity index (χ0v) is 7.42. The highest BCUT2D eigenvalue weighted by Crippen LogP contribution is 1.92. The van der Waals surface area contributed by atoms with Crippen LogP contribution < -0.4 is 5.32 Å². The maximum Gasteiger partial charge on any atom is 0.320 e. The Morgan fingerprint density at radius 3 is 2.58 bits per heavy atom. The minimum Gasteiger partial charge on any atom is -0.480 e. The van der Waals surface area contributed by atoms with E-state index in [2.05, 4.69) is 5.32 Å². The van der Waals surface area contributed by atoms with Gasteiger partial charge >= 0.3 is 5.97 Å². The van der Waals surface area contributed by atoms with E-state index in [-0.39, 0.29) is 6.61 Å². The van der Waals surface area contributed by atoms with E-state index < -0.39 is 12.0 Å². The Morgan fingerprint density at radius 2 is 2.08 bits per heavy atom. The van der Waals surface area contributed by atoms with Crippen LogP contribution >= 0.6 is 0 Å². The van der Waals surface area contributed by atoms with Crippen molar-refractivity contribution in [1.82, 2.24) is 5.32 Å². The molecule has 0 heterocycles. The van der Waals surface area contributed by atoms with Crippen molar-refractivity contribution in [3.63, 3.8) is 0 Å². The molecular weight excluding hydrogens is 158 g/mol. The quantitative estimate of drug-likeness (QED) is 0.484.